The van der Waals surface area contributed by atoms with Crippen molar-refractivity contribution in [2.24, 2.45) is 0 Å². The first kappa shape index (κ1) is 23.4. The van der Waals surface area contributed by atoms with Crippen molar-refractivity contribution in [1.29, 1.82) is 0 Å². The number of rotatable bonds is 5. The van der Waals surface area contributed by atoms with Crippen LogP contribution in [0.4, 0.5) is 13.2 Å². The first-order chi connectivity index (χ1) is 16.0. The highest BCUT2D eigenvalue weighted by molar-refractivity contribution is 7.91. The molecule has 0 spiro atoms. The molecule has 0 unspecified atom stereocenters. The molecule has 1 N–H and O–H groups in total. The van der Waals surface area contributed by atoms with Crippen molar-refractivity contribution in [2.45, 2.75) is 6.18 Å². The van der Waals surface area contributed by atoms with Crippen LogP contribution in [0.15, 0.2) is 48.7 Å². The van der Waals surface area contributed by atoms with Gasteiger partial charge in [-0.05, 0) is 30.3 Å². The quantitative estimate of drug-likeness (QED) is 0.579. The molecule has 3 heterocycles. The minimum Gasteiger partial charge on any atom is -0.439 e. The largest absolute Gasteiger partial charge is 0.439 e. The number of fused-ring (bicyclic) bond motifs is 1. The summed E-state index contributed by atoms with van der Waals surface area (Å²) in [5.74, 6) is -1.28. The monoisotopic (exact) mass is 494 g/mol. The number of nitrogens with one attached hydrogen (secondary N) is 1. The number of carbonyl (C=O) groups excluding carboxylic acids is 2. The second-order valence-electron chi connectivity index (χ2n) is 7.45. The molecule has 2 aromatic heterocycles. The fraction of sp³-hybridized carbons (Fsp3) is 0.238. The third-order valence-electron chi connectivity index (χ3n) is 4.96. The Bertz CT molecular complexity index is 1360. The van der Waals surface area contributed by atoms with E-state index in [9.17, 15) is 31.2 Å². The van der Waals surface area contributed by atoms with Gasteiger partial charge >= 0.3 is 6.18 Å². The van der Waals surface area contributed by atoms with E-state index < -0.39 is 33.4 Å². The molecular weight excluding hydrogens is 477 g/mol. The topological polar surface area (TPSA) is 119 Å². The Morgan fingerprint density at radius 3 is 2.56 bits per heavy atom. The highest BCUT2D eigenvalue weighted by Crippen LogP contribution is 2.30. The van der Waals surface area contributed by atoms with Gasteiger partial charge in [0.2, 0.25) is 11.8 Å². The first-order valence-corrected chi connectivity index (χ1v) is 11.7. The van der Waals surface area contributed by atoms with Gasteiger partial charge in [-0.1, -0.05) is 6.07 Å². The highest BCUT2D eigenvalue weighted by Gasteiger charge is 2.31. The predicted octanol–water partition coefficient (Wildman–Crippen LogP) is 2.39. The van der Waals surface area contributed by atoms with E-state index in [0.29, 0.717) is 22.8 Å². The van der Waals surface area contributed by atoms with Crippen molar-refractivity contribution in [2.75, 3.05) is 24.7 Å². The Morgan fingerprint density at radius 2 is 1.91 bits per heavy atom. The molecule has 9 nitrogen and oxygen atoms in total. The molecular formula is C21H17F3N4O5S. The van der Waals surface area contributed by atoms with Crippen LogP contribution in [-0.4, -0.2) is 59.8 Å². The van der Waals surface area contributed by atoms with Gasteiger partial charge in [0.15, 0.2) is 9.84 Å². The molecule has 0 radical (unpaired) electrons. The van der Waals surface area contributed by atoms with Crippen LogP contribution in [0.1, 0.15) is 16.1 Å². The van der Waals surface area contributed by atoms with Gasteiger partial charge in [0.05, 0.1) is 23.4 Å². The number of ether oxygens (including phenoxy) is 1. The number of aromatic nitrogens is 2. The summed E-state index contributed by atoms with van der Waals surface area (Å²) < 4.78 is 66.3. The maximum absolute atomic E-state index is 12.6. The zero-order chi connectivity index (χ0) is 24.5. The molecule has 1 aliphatic rings. The number of benzene rings is 1. The van der Waals surface area contributed by atoms with E-state index in [2.05, 4.69) is 15.3 Å². The van der Waals surface area contributed by atoms with Crippen molar-refractivity contribution < 1.29 is 35.9 Å². The number of nitrogens with zero attached hydrogens (tertiary/aromatic N) is 3. The molecule has 0 aliphatic carbocycles. The molecule has 4 rings (SSSR count). The number of alkyl halides is 3. The lowest BCUT2D eigenvalue weighted by Gasteiger charge is -2.14. The average molecular weight is 494 g/mol. The minimum absolute atomic E-state index is 0.0215. The van der Waals surface area contributed by atoms with Crippen LogP contribution in [0.25, 0.3) is 10.9 Å². The lowest BCUT2D eigenvalue weighted by Crippen LogP contribution is -2.39. The van der Waals surface area contributed by atoms with Crippen molar-refractivity contribution >= 4 is 32.6 Å². The van der Waals surface area contributed by atoms with Crippen LogP contribution in [0.3, 0.4) is 0 Å². The second-order valence-corrected chi connectivity index (χ2v) is 9.61. The summed E-state index contributed by atoms with van der Waals surface area (Å²) in [5.41, 5.74) is -0.398. The van der Waals surface area contributed by atoms with Crippen LogP contribution in [0.5, 0.6) is 11.6 Å². The molecule has 3 aromatic rings. The van der Waals surface area contributed by atoms with Crippen molar-refractivity contribution in [3.8, 4) is 11.6 Å². The van der Waals surface area contributed by atoms with E-state index in [1.54, 1.807) is 18.2 Å². The SMILES string of the molecule is O=C(NCC(=O)N1CCS(=O)(=O)C1)c1ccc2cc(Oc3ccc(C(F)(F)F)cn3)ccc2n1. The average Bonchev–Trinajstić information content (AvgIpc) is 3.16. The Morgan fingerprint density at radius 1 is 1.12 bits per heavy atom. The van der Waals surface area contributed by atoms with E-state index in [1.165, 1.54) is 12.1 Å². The number of hydrogen-bond donors (Lipinski definition) is 1. The number of carbonyl (C=O) groups is 2. The van der Waals surface area contributed by atoms with E-state index >= 15 is 0 Å². The minimum atomic E-state index is -4.49. The third-order valence-corrected chi connectivity index (χ3v) is 6.47. The second kappa shape index (κ2) is 8.89. The Balaban J connectivity index is 1.40. The van der Waals surface area contributed by atoms with Gasteiger partial charge in [-0.2, -0.15) is 13.2 Å². The van der Waals surface area contributed by atoms with Gasteiger partial charge in [-0.3, -0.25) is 9.59 Å². The molecule has 1 saturated heterocycles. The van der Waals surface area contributed by atoms with E-state index in [4.69, 9.17) is 4.74 Å². The molecule has 0 atom stereocenters. The fourth-order valence-corrected chi connectivity index (χ4v) is 4.57. The summed E-state index contributed by atoms with van der Waals surface area (Å²) in [4.78, 5) is 33.5. The van der Waals surface area contributed by atoms with E-state index in [-0.39, 0.29) is 36.3 Å². The molecule has 178 valence electrons. The maximum Gasteiger partial charge on any atom is 0.417 e. The maximum atomic E-state index is 12.6. The molecule has 0 bridgehead atoms. The lowest BCUT2D eigenvalue weighted by atomic mass is 10.2. The summed E-state index contributed by atoms with van der Waals surface area (Å²) in [6, 6.07) is 9.67. The molecule has 34 heavy (non-hydrogen) atoms. The lowest BCUT2D eigenvalue weighted by molar-refractivity contribution is -0.137. The Labute approximate surface area is 191 Å². The van der Waals surface area contributed by atoms with E-state index in [0.717, 1.165) is 17.0 Å². The zero-order valence-corrected chi connectivity index (χ0v) is 18.2. The van der Waals surface area contributed by atoms with Gasteiger partial charge in [-0.15, -0.1) is 0 Å². The zero-order valence-electron chi connectivity index (χ0n) is 17.4. The fourth-order valence-electron chi connectivity index (χ4n) is 3.19. The van der Waals surface area contributed by atoms with Crippen molar-refractivity contribution in [1.82, 2.24) is 20.2 Å². The van der Waals surface area contributed by atoms with Crippen LogP contribution >= 0.6 is 0 Å². The van der Waals surface area contributed by atoms with E-state index in [1.807, 2.05) is 0 Å². The normalized spacial score (nSPS) is 15.3. The predicted molar refractivity (Wildman–Crippen MR) is 114 cm³/mol. The summed E-state index contributed by atoms with van der Waals surface area (Å²) in [6.07, 6.45) is -3.82. The first-order valence-electron chi connectivity index (χ1n) is 9.88. The standard InChI is InChI=1S/C21H17F3N4O5S/c22-21(23,24)14-2-6-18(25-10-14)33-15-3-5-16-13(9-15)1-4-17(27-16)20(30)26-11-19(29)28-7-8-34(31,32)12-28/h1-6,9-10H,7-8,11-12H2,(H,26,30). The third kappa shape index (κ3) is 5.42. The number of hydrogen-bond acceptors (Lipinski definition) is 7. The van der Waals surface area contributed by atoms with Crippen molar-refractivity contribution in [3.63, 3.8) is 0 Å². The highest BCUT2D eigenvalue weighted by atomic mass is 32.2. The number of halogens is 3. The van der Waals surface area contributed by atoms with Gasteiger partial charge in [0.1, 0.15) is 17.3 Å². The van der Waals surface area contributed by atoms with Gasteiger partial charge in [-0.25, -0.2) is 18.4 Å². The van der Waals surface area contributed by atoms with Gasteiger partial charge < -0.3 is 15.0 Å². The number of sulfone groups is 1. The smallest absolute Gasteiger partial charge is 0.417 e. The molecule has 1 aromatic carbocycles. The Kier molecular flexibility index (Phi) is 6.13. The Hall–Kier alpha value is -3.74. The summed E-state index contributed by atoms with van der Waals surface area (Å²) in [5, 5.41) is 3.02. The van der Waals surface area contributed by atoms with Crippen LogP contribution in [-0.2, 0) is 20.8 Å². The number of amides is 2. The van der Waals surface area contributed by atoms with Crippen LogP contribution in [0.2, 0.25) is 0 Å². The molecule has 1 aliphatic heterocycles. The van der Waals surface area contributed by atoms with Crippen LogP contribution in [0, 0.1) is 0 Å². The summed E-state index contributed by atoms with van der Waals surface area (Å²) >= 11 is 0. The van der Waals surface area contributed by atoms with Gasteiger partial charge in [0, 0.05) is 24.2 Å². The van der Waals surface area contributed by atoms with Crippen molar-refractivity contribution in [3.05, 3.63) is 59.9 Å². The van der Waals surface area contributed by atoms with Crippen LogP contribution < -0.4 is 10.1 Å². The molecule has 2 amide bonds. The number of pyridine rings is 2. The summed E-state index contributed by atoms with van der Waals surface area (Å²) in [6.45, 7) is -0.265. The molecule has 13 heteroatoms. The molecule has 0 saturated carbocycles. The summed E-state index contributed by atoms with van der Waals surface area (Å²) in [7, 11) is -3.27. The van der Waals surface area contributed by atoms with Gasteiger partial charge in [0.25, 0.3) is 5.91 Å². The molecule has 1 fully saturated rings.